The highest BCUT2D eigenvalue weighted by molar-refractivity contribution is 5.99. The number of carbonyl (C=O) groups excluding carboxylic acids is 1. The van der Waals surface area contributed by atoms with Crippen LogP contribution in [0.1, 0.15) is 33.6 Å². The van der Waals surface area contributed by atoms with Gasteiger partial charge in [0, 0.05) is 13.0 Å². The number of fused-ring (bicyclic) bond motifs is 1. The van der Waals surface area contributed by atoms with E-state index in [2.05, 4.69) is 0 Å². The van der Waals surface area contributed by atoms with E-state index in [0.717, 1.165) is 6.42 Å². The Hall–Kier alpha value is -1.06. The molecule has 1 N–H and O–H groups in total. The average molecular weight is 211 g/mol. The van der Waals surface area contributed by atoms with Crippen LogP contribution in [0.5, 0.6) is 0 Å². The Labute approximate surface area is 89.3 Å². The van der Waals surface area contributed by atoms with E-state index in [9.17, 15) is 9.59 Å². The summed E-state index contributed by atoms with van der Waals surface area (Å²) in [5.41, 5.74) is -1.04. The predicted octanol–water partition coefficient (Wildman–Crippen LogP) is 1.74. The van der Waals surface area contributed by atoms with Crippen LogP contribution in [-0.2, 0) is 4.79 Å². The molecule has 2 fully saturated rings. The molecule has 4 heteroatoms. The molecule has 0 unspecified atom stereocenters. The first-order valence-corrected chi connectivity index (χ1v) is 5.35. The zero-order chi connectivity index (χ0) is 11.4. The zero-order valence-corrected chi connectivity index (χ0v) is 9.41. The Kier molecular flexibility index (Phi) is 1.91. The van der Waals surface area contributed by atoms with Crippen LogP contribution in [0, 0.1) is 11.3 Å². The van der Waals surface area contributed by atoms with Crippen LogP contribution in [0.25, 0.3) is 0 Å². The molecule has 0 aromatic carbocycles. The molecule has 1 aliphatic heterocycles. The van der Waals surface area contributed by atoms with Crippen molar-refractivity contribution in [1.82, 2.24) is 4.90 Å². The number of carboxylic acid groups (broad SMARTS) is 1. The molecule has 1 amide bonds. The maximum atomic E-state index is 11.9. The minimum absolute atomic E-state index is 0.0971. The van der Waals surface area contributed by atoms with Crippen LogP contribution in [0.15, 0.2) is 0 Å². The fraction of sp³-hybridized carbons (Fsp3) is 0.818. The summed E-state index contributed by atoms with van der Waals surface area (Å²) in [5, 5.41) is 9.16. The topological polar surface area (TPSA) is 57.6 Å². The van der Waals surface area contributed by atoms with Gasteiger partial charge in [0.15, 0.2) is 5.78 Å². The molecule has 2 rings (SSSR count). The smallest absolute Gasteiger partial charge is 0.408 e. The highest BCUT2D eigenvalue weighted by atomic mass is 16.4. The Morgan fingerprint density at radius 1 is 1.53 bits per heavy atom. The van der Waals surface area contributed by atoms with Gasteiger partial charge in [-0.3, -0.25) is 9.69 Å². The maximum absolute atomic E-state index is 11.9. The second-order valence-corrected chi connectivity index (χ2v) is 5.56. The number of hydrogen-bond acceptors (Lipinski definition) is 2. The first-order valence-electron chi connectivity index (χ1n) is 5.35. The highest BCUT2D eigenvalue weighted by Gasteiger charge is 2.68. The summed E-state index contributed by atoms with van der Waals surface area (Å²) >= 11 is 0. The van der Waals surface area contributed by atoms with Gasteiger partial charge in [-0.25, -0.2) is 4.79 Å². The summed E-state index contributed by atoms with van der Waals surface area (Å²) in [6.45, 7) is 6.37. The molecule has 0 aromatic rings. The van der Waals surface area contributed by atoms with Crippen LogP contribution >= 0.6 is 0 Å². The Bertz CT molecular complexity index is 331. The highest BCUT2D eigenvalue weighted by Crippen LogP contribution is 2.56. The van der Waals surface area contributed by atoms with Crippen LogP contribution in [0.3, 0.4) is 0 Å². The van der Waals surface area contributed by atoms with Gasteiger partial charge in [-0.05, 0) is 17.8 Å². The molecule has 2 atom stereocenters. The molecule has 1 aliphatic carbocycles. The van der Waals surface area contributed by atoms with Crippen molar-refractivity contribution in [2.24, 2.45) is 11.3 Å². The van der Waals surface area contributed by atoms with E-state index in [1.165, 1.54) is 4.90 Å². The van der Waals surface area contributed by atoms with Gasteiger partial charge >= 0.3 is 6.09 Å². The second kappa shape index (κ2) is 2.74. The lowest BCUT2D eigenvalue weighted by atomic mass is 9.54. The summed E-state index contributed by atoms with van der Waals surface area (Å²) in [6.07, 6.45) is 0.427. The monoisotopic (exact) mass is 211 g/mol. The van der Waals surface area contributed by atoms with Gasteiger partial charge in [0.05, 0.1) is 0 Å². The summed E-state index contributed by atoms with van der Waals surface area (Å²) < 4.78 is 0. The van der Waals surface area contributed by atoms with Gasteiger partial charge in [-0.15, -0.1) is 0 Å². The number of Topliss-reactive ketones (excluding diaryl/α,β-unsaturated/α-hetero) is 1. The number of rotatable bonds is 0. The number of ketones is 1. The van der Waals surface area contributed by atoms with E-state index in [0.29, 0.717) is 13.0 Å². The van der Waals surface area contributed by atoms with Gasteiger partial charge < -0.3 is 5.11 Å². The van der Waals surface area contributed by atoms with Crippen molar-refractivity contribution in [3.8, 4) is 0 Å². The van der Waals surface area contributed by atoms with Crippen LogP contribution in [0.2, 0.25) is 0 Å². The molecule has 1 saturated heterocycles. The average Bonchev–Trinajstić information content (AvgIpc) is 2.36. The number of nitrogens with zero attached hydrogens (tertiary/aromatic N) is 1. The molecule has 84 valence electrons. The fourth-order valence-electron chi connectivity index (χ4n) is 3.45. The second-order valence-electron chi connectivity index (χ2n) is 5.56. The molecule has 0 aromatic heterocycles. The van der Waals surface area contributed by atoms with Crippen LogP contribution < -0.4 is 0 Å². The third-order valence-corrected chi connectivity index (χ3v) is 3.95. The van der Waals surface area contributed by atoms with Crippen LogP contribution in [0.4, 0.5) is 4.79 Å². The van der Waals surface area contributed by atoms with E-state index < -0.39 is 11.6 Å². The van der Waals surface area contributed by atoms with Crippen molar-refractivity contribution < 1.29 is 14.7 Å². The number of carbonyl (C=O) groups is 2. The molecular formula is C11H17NO3. The first kappa shape index (κ1) is 10.5. The molecule has 0 spiro atoms. The summed E-state index contributed by atoms with van der Waals surface area (Å²) in [7, 11) is 0. The Morgan fingerprint density at radius 3 is 2.47 bits per heavy atom. The van der Waals surface area contributed by atoms with E-state index in [1.807, 2.05) is 20.8 Å². The molecule has 0 radical (unpaired) electrons. The van der Waals surface area contributed by atoms with Crippen molar-refractivity contribution >= 4 is 11.9 Å². The van der Waals surface area contributed by atoms with E-state index in [1.54, 1.807) is 0 Å². The Balaban J connectivity index is 2.46. The minimum atomic E-state index is -0.958. The quantitative estimate of drug-likeness (QED) is 0.664. The maximum Gasteiger partial charge on any atom is 0.408 e. The minimum Gasteiger partial charge on any atom is -0.465 e. The number of hydrogen-bond donors (Lipinski definition) is 1. The van der Waals surface area contributed by atoms with Gasteiger partial charge in [0.1, 0.15) is 5.54 Å². The molecule has 1 saturated carbocycles. The largest absolute Gasteiger partial charge is 0.465 e. The molecule has 4 nitrogen and oxygen atoms in total. The van der Waals surface area contributed by atoms with Crippen molar-refractivity contribution in [2.45, 2.75) is 39.2 Å². The fourth-order valence-corrected chi connectivity index (χ4v) is 3.45. The van der Waals surface area contributed by atoms with Crippen molar-refractivity contribution in [3.63, 3.8) is 0 Å². The van der Waals surface area contributed by atoms with Gasteiger partial charge in [-0.2, -0.15) is 0 Å². The molecule has 0 bridgehead atoms. The molecule has 1 heterocycles. The van der Waals surface area contributed by atoms with E-state index in [-0.39, 0.29) is 17.1 Å². The number of likely N-dealkylation sites (tertiary alicyclic amines) is 1. The van der Waals surface area contributed by atoms with E-state index >= 15 is 0 Å². The van der Waals surface area contributed by atoms with Crippen molar-refractivity contribution in [2.75, 3.05) is 6.54 Å². The third kappa shape index (κ3) is 1.02. The molecule has 15 heavy (non-hydrogen) atoms. The summed E-state index contributed by atoms with van der Waals surface area (Å²) in [6, 6.07) is 0. The predicted molar refractivity (Wildman–Crippen MR) is 54.6 cm³/mol. The Morgan fingerprint density at radius 2 is 2.13 bits per heavy atom. The lowest BCUT2D eigenvalue weighted by Crippen LogP contribution is -2.70. The van der Waals surface area contributed by atoms with Gasteiger partial charge in [0.25, 0.3) is 0 Å². The molecule has 2 aliphatic rings. The number of amides is 1. The summed E-state index contributed by atoms with van der Waals surface area (Å²) in [5.74, 6) is 0.334. The lowest BCUT2D eigenvalue weighted by Gasteiger charge is -2.55. The van der Waals surface area contributed by atoms with Gasteiger partial charge in [-0.1, -0.05) is 20.8 Å². The SMILES string of the molecule is CC(C)(C)[C@]12C(=O)C[C@H]1CCN2C(=O)O. The van der Waals surface area contributed by atoms with Gasteiger partial charge in [0.2, 0.25) is 0 Å². The van der Waals surface area contributed by atoms with E-state index in [4.69, 9.17) is 5.11 Å². The molecular weight excluding hydrogens is 194 g/mol. The normalized spacial score (nSPS) is 35.0. The standard InChI is InChI=1S/C11H17NO3/c1-10(2,3)11-7(6-8(11)13)4-5-12(11)9(14)15/h7H,4-6H2,1-3H3,(H,14,15)/t7-,11-/m1/s1. The van der Waals surface area contributed by atoms with Crippen LogP contribution in [-0.4, -0.2) is 34.0 Å². The van der Waals surface area contributed by atoms with Crippen molar-refractivity contribution in [1.29, 1.82) is 0 Å². The zero-order valence-electron chi connectivity index (χ0n) is 9.41. The summed E-state index contributed by atoms with van der Waals surface area (Å²) in [4.78, 5) is 24.4. The lowest BCUT2D eigenvalue weighted by molar-refractivity contribution is -0.153. The first-order chi connectivity index (χ1) is 6.81. The third-order valence-electron chi connectivity index (χ3n) is 3.95. The van der Waals surface area contributed by atoms with Crippen molar-refractivity contribution in [3.05, 3.63) is 0 Å².